The maximum Gasteiger partial charge on any atom is 0.339 e. The number of nitrogens with zero attached hydrogens (tertiary/aromatic N) is 1. The van der Waals surface area contributed by atoms with E-state index in [9.17, 15) is 9.00 Å². The lowest BCUT2D eigenvalue weighted by atomic mass is 10.1. The number of rotatable bonds is 6. The first kappa shape index (κ1) is 21.8. The molecule has 0 heterocycles. The van der Waals surface area contributed by atoms with Crippen LogP contribution >= 0.6 is 0 Å². The van der Waals surface area contributed by atoms with Gasteiger partial charge in [-0.1, -0.05) is 39.9 Å². The summed E-state index contributed by atoms with van der Waals surface area (Å²) in [6.07, 6.45) is 0. The monoisotopic (exact) mass is 385 g/mol. The van der Waals surface area contributed by atoms with Gasteiger partial charge in [0.05, 0.1) is 17.6 Å². The van der Waals surface area contributed by atoms with Crippen LogP contribution in [0.15, 0.2) is 23.1 Å². The summed E-state index contributed by atoms with van der Waals surface area (Å²) >= 11 is 0. The summed E-state index contributed by atoms with van der Waals surface area (Å²) in [4.78, 5) is 14.3. The van der Waals surface area contributed by atoms with Gasteiger partial charge in [-0.2, -0.15) is 0 Å². The Morgan fingerprint density at radius 3 is 2.32 bits per heavy atom. The Bertz CT molecular complexity index is 738. The number of hydrogen-bond donors (Lipinski definition) is 2. The third-order valence-corrected chi connectivity index (χ3v) is 12.4. The highest BCUT2D eigenvalue weighted by atomic mass is 32.2. The lowest BCUT2D eigenvalue weighted by Gasteiger charge is -2.37. The summed E-state index contributed by atoms with van der Waals surface area (Å²) < 4.78 is 29.7. The van der Waals surface area contributed by atoms with E-state index in [1.165, 1.54) is 7.11 Å². The normalized spacial score (nSPS) is 15.1. The third-order valence-electron chi connectivity index (χ3n) is 4.53. The Kier molecular flexibility index (Phi) is 6.61. The van der Waals surface area contributed by atoms with Crippen LogP contribution in [0, 0.1) is 4.78 Å². The van der Waals surface area contributed by atoms with Crippen molar-refractivity contribution in [3.63, 3.8) is 0 Å². The number of esters is 1. The van der Waals surface area contributed by atoms with Gasteiger partial charge in [0.15, 0.2) is 0 Å². The quantitative estimate of drug-likeness (QED) is 0.580. The molecule has 1 aromatic rings. The molecule has 0 aliphatic heterocycles. The van der Waals surface area contributed by atoms with E-state index in [1.54, 1.807) is 18.2 Å². The topological polar surface area (TPSA) is 82.5 Å². The SMILES string of the molecule is COC(=O)c1ccc(CN(C)C)cc1S(=N)(=O)N[Si](C)(C)C(C)(C)C. The number of methoxy groups -OCH3 is 1. The summed E-state index contributed by atoms with van der Waals surface area (Å²) in [6, 6.07) is 5.08. The molecule has 0 fully saturated rings. The third kappa shape index (κ3) is 5.37. The van der Waals surface area contributed by atoms with Crippen molar-refractivity contribution in [2.24, 2.45) is 0 Å². The molecule has 142 valence electrons. The molecule has 6 nitrogen and oxygen atoms in total. The van der Waals surface area contributed by atoms with Crippen LogP contribution in [-0.2, 0) is 21.2 Å². The van der Waals surface area contributed by atoms with Crippen molar-refractivity contribution in [2.45, 2.75) is 50.3 Å². The van der Waals surface area contributed by atoms with Crippen LogP contribution in [0.3, 0.4) is 0 Å². The minimum Gasteiger partial charge on any atom is -0.465 e. The van der Waals surface area contributed by atoms with Crippen LogP contribution in [-0.4, -0.2) is 44.5 Å². The van der Waals surface area contributed by atoms with Gasteiger partial charge < -0.3 is 9.64 Å². The van der Waals surface area contributed by atoms with E-state index in [0.717, 1.165) is 5.56 Å². The maximum atomic E-state index is 13.3. The molecule has 25 heavy (non-hydrogen) atoms. The first-order chi connectivity index (χ1) is 11.2. The predicted molar refractivity (Wildman–Crippen MR) is 105 cm³/mol. The van der Waals surface area contributed by atoms with Crippen molar-refractivity contribution in [3.8, 4) is 0 Å². The molecule has 1 aromatic carbocycles. The van der Waals surface area contributed by atoms with Crippen molar-refractivity contribution in [3.05, 3.63) is 29.3 Å². The minimum absolute atomic E-state index is 0.0939. The molecule has 0 saturated carbocycles. The fraction of sp³-hybridized carbons (Fsp3) is 0.588. The van der Waals surface area contributed by atoms with Crippen LogP contribution in [0.25, 0.3) is 0 Å². The molecule has 0 bridgehead atoms. The Morgan fingerprint density at radius 2 is 1.88 bits per heavy atom. The molecule has 0 amide bonds. The van der Waals surface area contributed by atoms with Gasteiger partial charge in [0.2, 0.25) is 0 Å². The number of carbonyl (C=O) groups is 1. The number of benzene rings is 1. The van der Waals surface area contributed by atoms with Gasteiger partial charge in [-0.05, 0) is 36.8 Å². The van der Waals surface area contributed by atoms with Crippen LogP contribution < -0.4 is 4.39 Å². The van der Waals surface area contributed by atoms with Crippen LogP contribution in [0.1, 0.15) is 36.7 Å². The Morgan fingerprint density at radius 1 is 1.32 bits per heavy atom. The van der Waals surface area contributed by atoms with Crippen LogP contribution in [0.4, 0.5) is 0 Å². The second-order valence-electron chi connectivity index (χ2n) is 8.09. The highest BCUT2D eigenvalue weighted by Gasteiger charge is 2.39. The zero-order chi connectivity index (χ0) is 19.6. The largest absolute Gasteiger partial charge is 0.465 e. The van der Waals surface area contributed by atoms with Crippen molar-refractivity contribution >= 4 is 24.1 Å². The molecule has 0 saturated heterocycles. The van der Waals surface area contributed by atoms with Gasteiger partial charge in [-0.25, -0.2) is 18.2 Å². The Labute approximate surface area is 153 Å². The second-order valence-corrected chi connectivity index (χ2v) is 15.2. The van der Waals surface area contributed by atoms with Gasteiger partial charge in [-0.3, -0.25) is 0 Å². The molecule has 1 atom stereocenters. The summed E-state index contributed by atoms with van der Waals surface area (Å²) in [5.74, 6) is -0.580. The highest BCUT2D eigenvalue weighted by molar-refractivity contribution is 7.92. The minimum atomic E-state index is -3.35. The van der Waals surface area contributed by atoms with E-state index in [-0.39, 0.29) is 15.5 Å². The van der Waals surface area contributed by atoms with E-state index >= 15 is 0 Å². The molecule has 0 spiro atoms. The zero-order valence-electron chi connectivity index (χ0n) is 16.5. The van der Waals surface area contributed by atoms with Gasteiger partial charge in [0, 0.05) is 6.54 Å². The van der Waals surface area contributed by atoms with Crippen molar-refractivity contribution in [1.29, 1.82) is 4.78 Å². The molecule has 0 aliphatic rings. The maximum absolute atomic E-state index is 13.3. The molecule has 1 rings (SSSR count). The molecule has 8 heteroatoms. The summed E-state index contributed by atoms with van der Waals surface area (Å²) in [6.45, 7) is 10.9. The molecular weight excluding hydrogens is 354 g/mol. The van der Waals surface area contributed by atoms with E-state index < -0.39 is 24.1 Å². The molecule has 0 aromatic heterocycles. The Hall–Kier alpha value is -1.22. The van der Waals surface area contributed by atoms with E-state index in [1.807, 2.05) is 32.1 Å². The second kappa shape index (κ2) is 7.57. The first-order valence-corrected chi connectivity index (χ1v) is 12.7. The fourth-order valence-electron chi connectivity index (χ4n) is 2.11. The molecule has 0 radical (unpaired) electrons. The van der Waals surface area contributed by atoms with Gasteiger partial charge in [0.25, 0.3) is 0 Å². The van der Waals surface area contributed by atoms with Crippen LogP contribution in [0.2, 0.25) is 18.1 Å². The number of hydrogen-bond acceptors (Lipinski definition) is 5. The van der Waals surface area contributed by atoms with Crippen molar-refractivity contribution in [1.82, 2.24) is 9.29 Å². The average Bonchev–Trinajstić information content (AvgIpc) is 2.43. The smallest absolute Gasteiger partial charge is 0.339 e. The van der Waals surface area contributed by atoms with E-state index in [4.69, 9.17) is 9.52 Å². The van der Waals surface area contributed by atoms with E-state index in [2.05, 4.69) is 25.2 Å². The number of ether oxygens (including phenoxy) is 1. The van der Waals surface area contributed by atoms with Gasteiger partial charge in [-0.15, -0.1) is 0 Å². The lowest BCUT2D eigenvalue weighted by molar-refractivity contribution is 0.0596. The standard InChI is InChI=1S/C17H31N3O3SSi/c1-17(2,3)25(7,8)19-24(18,22)15-11-13(12-20(4)5)9-10-14(15)16(21)23-6/h9-11H,12H2,1-8H3,(H2,18,19,22). The first-order valence-electron chi connectivity index (χ1n) is 8.15. The average molecular weight is 386 g/mol. The predicted octanol–water partition coefficient (Wildman–Crippen LogP) is 3.45. The Balaban J connectivity index is 3.47. The van der Waals surface area contributed by atoms with Gasteiger partial charge >= 0.3 is 5.97 Å². The molecule has 0 aliphatic carbocycles. The van der Waals surface area contributed by atoms with Crippen molar-refractivity contribution in [2.75, 3.05) is 21.2 Å². The summed E-state index contributed by atoms with van der Waals surface area (Å²) in [5, 5.41) is -0.0939. The van der Waals surface area contributed by atoms with Gasteiger partial charge in [0.1, 0.15) is 18.2 Å². The van der Waals surface area contributed by atoms with E-state index in [0.29, 0.717) is 6.54 Å². The number of nitrogens with one attached hydrogen (secondary N) is 2. The highest BCUT2D eigenvalue weighted by Crippen LogP contribution is 2.35. The van der Waals surface area contributed by atoms with Crippen molar-refractivity contribution < 1.29 is 13.7 Å². The zero-order valence-corrected chi connectivity index (χ0v) is 18.3. The number of carbonyl (C=O) groups excluding carboxylic acids is 1. The summed E-state index contributed by atoms with van der Waals surface area (Å²) in [5.41, 5.74) is 1.07. The molecular formula is C17H31N3O3SSi. The molecule has 1 unspecified atom stereocenters. The molecule has 2 N–H and O–H groups in total. The summed E-state index contributed by atoms with van der Waals surface area (Å²) in [7, 11) is -0.423. The fourth-order valence-corrected chi connectivity index (χ4v) is 7.43. The lowest BCUT2D eigenvalue weighted by Crippen LogP contribution is -2.54. The van der Waals surface area contributed by atoms with Crippen LogP contribution in [0.5, 0.6) is 0 Å².